The Kier molecular flexibility index (Phi) is 4.16. The average Bonchev–Trinajstić information content (AvgIpc) is 2.27. The van der Waals surface area contributed by atoms with Gasteiger partial charge >= 0.3 is 5.97 Å². The van der Waals surface area contributed by atoms with E-state index < -0.39 is 5.97 Å². The molecule has 1 aromatic carbocycles. The summed E-state index contributed by atoms with van der Waals surface area (Å²) in [6.07, 6.45) is 0. The van der Waals surface area contributed by atoms with Crippen LogP contribution in [0.5, 0.6) is 0 Å². The molecule has 0 saturated heterocycles. The molecule has 1 aromatic rings. The van der Waals surface area contributed by atoms with E-state index in [1.54, 1.807) is 24.3 Å². The zero-order chi connectivity index (χ0) is 13.1. The molecule has 0 amide bonds. The van der Waals surface area contributed by atoms with Gasteiger partial charge in [-0.25, -0.2) is 4.79 Å². The number of hydrogen-bond acceptors (Lipinski definition) is 2. The van der Waals surface area contributed by atoms with Crippen molar-refractivity contribution in [1.82, 2.24) is 0 Å². The van der Waals surface area contributed by atoms with Gasteiger partial charge in [0, 0.05) is 12.2 Å². The van der Waals surface area contributed by atoms with Gasteiger partial charge in [0.2, 0.25) is 0 Å². The number of aromatic carboxylic acids is 1. The van der Waals surface area contributed by atoms with Gasteiger partial charge in [-0.05, 0) is 35.6 Å². The zero-order valence-corrected chi connectivity index (χ0v) is 10.9. The second-order valence-corrected chi connectivity index (χ2v) is 5.38. The van der Waals surface area contributed by atoms with Crippen LogP contribution in [0.3, 0.4) is 0 Å². The first-order chi connectivity index (χ1) is 7.83. The summed E-state index contributed by atoms with van der Waals surface area (Å²) < 4.78 is 0. The Morgan fingerprint density at radius 1 is 1.29 bits per heavy atom. The topological polar surface area (TPSA) is 49.3 Å². The highest BCUT2D eigenvalue weighted by molar-refractivity contribution is 5.87. The first kappa shape index (κ1) is 13.6. The molecule has 0 aliphatic rings. The SMILES string of the molecule is CC(C)C(C)(C)CNc1ccc(C(=O)O)cc1. The molecule has 0 aromatic heterocycles. The quantitative estimate of drug-likeness (QED) is 0.821. The summed E-state index contributed by atoms with van der Waals surface area (Å²) in [6, 6.07) is 6.85. The van der Waals surface area contributed by atoms with Crippen LogP contribution >= 0.6 is 0 Å². The van der Waals surface area contributed by atoms with E-state index >= 15 is 0 Å². The van der Waals surface area contributed by atoms with Gasteiger partial charge in [-0.2, -0.15) is 0 Å². The molecule has 0 aliphatic heterocycles. The highest BCUT2D eigenvalue weighted by Gasteiger charge is 2.21. The normalized spacial score (nSPS) is 11.6. The fraction of sp³-hybridized carbons (Fsp3) is 0.500. The summed E-state index contributed by atoms with van der Waals surface area (Å²) in [7, 11) is 0. The molecular weight excluding hydrogens is 214 g/mol. The number of anilines is 1. The molecule has 3 nitrogen and oxygen atoms in total. The summed E-state index contributed by atoms with van der Waals surface area (Å²) in [5.74, 6) is -0.299. The minimum atomic E-state index is -0.890. The third-order valence-corrected chi connectivity index (χ3v) is 3.44. The molecular formula is C14H21NO2. The van der Waals surface area contributed by atoms with E-state index in [9.17, 15) is 4.79 Å². The third-order valence-electron chi connectivity index (χ3n) is 3.44. The summed E-state index contributed by atoms with van der Waals surface area (Å²) in [4.78, 5) is 10.7. The second-order valence-electron chi connectivity index (χ2n) is 5.38. The number of rotatable bonds is 5. The van der Waals surface area contributed by atoms with Crippen molar-refractivity contribution in [3.8, 4) is 0 Å². The van der Waals surface area contributed by atoms with Crippen molar-refractivity contribution in [2.75, 3.05) is 11.9 Å². The Morgan fingerprint density at radius 2 is 1.82 bits per heavy atom. The van der Waals surface area contributed by atoms with E-state index in [1.165, 1.54) is 0 Å². The van der Waals surface area contributed by atoms with E-state index in [0.29, 0.717) is 11.5 Å². The standard InChI is InChI=1S/C14H21NO2/c1-10(2)14(3,4)9-15-12-7-5-11(6-8-12)13(16)17/h5-8,10,15H,9H2,1-4H3,(H,16,17). The molecule has 0 radical (unpaired) electrons. The second kappa shape index (κ2) is 5.21. The Labute approximate surface area is 103 Å². The number of carbonyl (C=O) groups is 1. The van der Waals surface area contributed by atoms with Gasteiger partial charge in [0.05, 0.1) is 5.56 Å². The molecule has 0 atom stereocenters. The lowest BCUT2D eigenvalue weighted by molar-refractivity contribution is 0.0697. The minimum Gasteiger partial charge on any atom is -0.478 e. The molecule has 2 N–H and O–H groups in total. The van der Waals surface area contributed by atoms with E-state index in [2.05, 4.69) is 33.0 Å². The molecule has 3 heteroatoms. The van der Waals surface area contributed by atoms with Crippen LogP contribution in [0.4, 0.5) is 5.69 Å². The molecule has 0 saturated carbocycles. The first-order valence-electron chi connectivity index (χ1n) is 5.90. The van der Waals surface area contributed by atoms with Crippen LogP contribution in [0, 0.1) is 11.3 Å². The van der Waals surface area contributed by atoms with Crippen LogP contribution < -0.4 is 5.32 Å². The summed E-state index contributed by atoms with van der Waals surface area (Å²) in [6.45, 7) is 9.72. The van der Waals surface area contributed by atoms with Crippen molar-refractivity contribution in [3.63, 3.8) is 0 Å². The van der Waals surface area contributed by atoms with Gasteiger partial charge < -0.3 is 10.4 Å². The molecule has 1 rings (SSSR count). The Morgan fingerprint density at radius 3 is 2.24 bits per heavy atom. The van der Waals surface area contributed by atoms with E-state index in [1.807, 2.05) is 0 Å². The fourth-order valence-electron chi connectivity index (χ4n) is 1.26. The minimum absolute atomic E-state index is 0.214. The van der Waals surface area contributed by atoms with Crippen LogP contribution in [-0.4, -0.2) is 17.6 Å². The summed E-state index contributed by atoms with van der Waals surface area (Å²) >= 11 is 0. The largest absolute Gasteiger partial charge is 0.478 e. The van der Waals surface area contributed by atoms with Crippen LogP contribution in [0.2, 0.25) is 0 Å². The maximum absolute atomic E-state index is 10.7. The Hall–Kier alpha value is -1.51. The van der Waals surface area contributed by atoms with Crippen LogP contribution in [0.15, 0.2) is 24.3 Å². The van der Waals surface area contributed by atoms with Crippen molar-refractivity contribution in [2.45, 2.75) is 27.7 Å². The van der Waals surface area contributed by atoms with Crippen LogP contribution in [-0.2, 0) is 0 Å². The highest BCUT2D eigenvalue weighted by atomic mass is 16.4. The van der Waals surface area contributed by atoms with Crippen molar-refractivity contribution in [1.29, 1.82) is 0 Å². The van der Waals surface area contributed by atoms with Gasteiger partial charge in [0.15, 0.2) is 0 Å². The van der Waals surface area contributed by atoms with Gasteiger partial charge in [-0.3, -0.25) is 0 Å². The van der Waals surface area contributed by atoms with Crippen molar-refractivity contribution < 1.29 is 9.90 Å². The highest BCUT2D eigenvalue weighted by Crippen LogP contribution is 2.26. The lowest BCUT2D eigenvalue weighted by atomic mass is 9.81. The summed E-state index contributed by atoms with van der Waals surface area (Å²) in [5, 5.41) is 12.1. The Bertz CT molecular complexity index is 380. The molecule has 0 fully saturated rings. The lowest BCUT2D eigenvalue weighted by Crippen LogP contribution is -2.28. The monoisotopic (exact) mass is 235 g/mol. The zero-order valence-electron chi connectivity index (χ0n) is 10.9. The van der Waals surface area contributed by atoms with E-state index in [4.69, 9.17) is 5.11 Å². The number of benzene rings is 1. The van der Waals surface area contributed by atoms with Crippen molar-refractivity contribution >= 4 is 11.7 Å². The van der Waals surface area contributed by atoms with Gasteiger partial charge in [0.25, 0.3) is 0 Å². The predicted octanol–water partition coefficient (Wildman–Crippen LogP) is 3.48. The average molecular weight is 235 g/mol. The Balaban J connectivity index is 2.62. The predicted molar refractivity (Wildman–Crippen MR) is 70.5 cm³/mol. The van der Waals surface area contributed by atoms with Crippen LogP contribution in [0.1, 0.15) is 38.1 Å². The number of carboxylic acid groups (broad SMARTS) is 1. The van der Waals surface area contributed by atoms with Gasteiger partial charge in [-0.15, -0.1) is 0 Å². The molecule has 0 unspecified atom stereocenters. The molecule has 0 heterocycles. The lowest BCUT2D eigenvalue weighted by Gasteiger charge is -2.29. The van der Waals surface area contributed by atoms with Crippen molar-refractivity contribution in [3.05, 3.63) is 29.8 Å². The molecule has 0 bridgehead atoms. The van der Waals surface area contributed by atoms with Gasteiger partial charge in [0.1, 0.15) is 0 Å². The summed E-state index contributed by atoms with van der Waals surface area (Å²) in [5.41, 5.74) is 1.49. The number of carboxylic acids is 1. The molecule has 17 heavy (non-hydrogen) atoms. The van der Waals surface area contributed by atoms with E-state index in [-0.39, 0.29) is 5.41 Å². The van der Waals surface area contributed by atoms with Gasteiger partial charge in [-0.1, -0.05) is 27.7 Å². The van der Waals surface area contributed by atoms with E-state index in [0.717, 1.165) is 12.2 Å². The maximum atomic E-state index is 10.7. The fourth-order valence-corrected chi connectivity index (χ4v) is 1.26. The number of hydrogen-bond donors (Lipinski definition) is 2. The van der Waals surface area contributed by atoms with Crippen LogP contribution in [0.25, 0.3) is 0 Å². The van der Waals surface area contributed by atoms with Crippen molar-refractivity contribution in [2.24, 2.45) is 11.3 Å². The maximum Gasteiger partial charge on any atom is 0.335 e. The molecule has 94 valence electrons. The number of nitrogens with one attached hydrogen (secondary N) is 1. The first-order valence-corrected chi connectivity index (χ1v) is 5.90. The third kappa shape index (κ3) is 3.77. The molecule has 0 spiro atoms. The molecule has 0 aliphatic carbocycles. The smallest absolute Gasteiger partial charge is 0.335 e.